The highest BCUT2D eigenvalue weighted by molar-refractivity contribution is 5.95. The fourth-order valence-electron chi connectivity index (χ4n) is 2.52. The van der Waals surface area contributed by atoms with E-state index in [1.54, 1.807) is 0 Å². The van der Waals surface area contributed by atoms with Crippen LogP contribution < -0.4 is 0 Å². The second-order valence-corrected chi connectivity index (χ2v) is 5.29. The molecule has 0 aliphatic carbocycles. The van der Waals surface area contributed by atoms with E-state index in [0.29, 0.717) is 31.2 Å². The number of aromatic carboxylic acids is 2. The molecule has 0 radical (unpaired) electrons. The van der Waals surface area contributed by atoms with Gasteiger partial charge >= 0.3 is 11.9 Å². The first-order valence-electron chi connectivity index (χ1n) is 7.28. The van der Waals surface area contributed by atoms with Crippen molar-refractivity contribution >= 4 is 11.9 Å². The molecule has 2 unspecified atom stereocenters. The topological polar surface area (TPSA) is 115 Å². The zero-order valence-corrected chi connectivity index (χ0v) is 12.7. The summed E-state index contributed by atoms with van der Waals surface area (Å²) in [7, 11) is 0. The van der Waals surface area contributed by atoms with Crippen LogP contribution in [-0.4, -0.2) is 38.5 Å². The number of carbonyl (C=O) groups is 2. The van der Waals surface area contributed by atoms with E-state index >= 15 is 0 Å². The lowest BCUT2D eigenvalue weighted by molar-refractivity contribution is 0.0674. The second kappa shape index (κ2) is 7.91. The highest BCUT2D eigenvalue weighted by Crippen LogP contribution is 2.28. The molecule has 122 valence electrons. The van der Waals surface area contributed by atoms with E-state index in [1.807, 2.05) is 6.92 Å². The molecule has 2 atom stereocenters. The molecule has 0 aromatic heterocycles. The van der Waals surface area contributed by atoms with Crippen molar-refractivity contribution in [3.05, 3.63) is 34.4 Å². The van der Waals surface area contributed by atoms with Crippen molar-refractivity contribution in [3.8, 4) is 0 Å². The molecule has 6 nitrogen and oxygen atoms in total. The molecule has 0 aliphatic rings. The summed E-state index contributed by atoms with van der Waals surface area (Å²) in [5.74, 6) is -2.37. The van der Waals surface area contributed by atoms with Crippen LogP contribution >= 0.6 is 0 Å². The fraction of sp³-hybridized carbons (Fsp3) is 0.500. The number of aliphatic hydroxyl groups is 2. The molecule has 6 heteroatoms. The predicted molar refractivity (Wildman–Crippen MR) is 80.2 cm³/mol. The number of benzene rings is 1. The van der Waals surface area contributed by atoms with Gasteiger partial charge in [0.25, 0.3) is 0 Å². The summed E-state index contributed by atoms with van der Waals surface area (Å²) in [5.41, 5.74) is 0.363. The molecule has 0 spiro atoms. The molecule has 0 saturated carbocycles. The number of carboxylic acid groups (broad SMARTS) is 2. The SMILES string of the molecule is CCC(O)CCCc1c(C(=O)O)ccc(C(=O)O)c1C(C)O. The van der Waals surface area contributed by atoms with Crippen molar-refractivity contribution < 1.29 is 30.0 Å². The van der Waals surface area contributed by atoms with Gasteiger partial charge in [0.1, 0.15) is 0 Å². The largest absolute Gasteiger partial charge is 0.478 e. The zero-order chi connectivity index (χ0) is 16.9. The monoisotopic (exact) mass is 310 g/mol. The van der Waals surface area contributed by atoms with Crippen LogP contribution in [0.4, 0.5) is 0 Å². The van der Waals surface area contributed by atoms with E-state index < -0.39 is 24.1 Å². The molecule has 0 fully saturated rings. The Bertz CT molecular complexity index is 550. The number of hydrogen-bond donors (Lipinski definition) is 4. The highest BCUT2D eigenvalue weighted by atomic mass is 16.4. The van der Waals surface area contributed by atoms with Crippen molar-refractivity contribution in [2.45, 2.75) is 51.7 Å². The normalized spacial score (nSPS) is 13.6. The standard InChI is InChI=1S/C16H22O6/c1-3-10(18)5-4-6-11-12(15(19)20)7-8-13(16(21)22)14(11)9(2)17/h7-10,17-18H,3-6H2,1-2H3,(H,19,20)(H,21,22). The molecule has 0 amide bonds. The molecular weight excluding hydrogens is 288 g/mol. The molecule has 1 aromatic rings. The van der Waals surface area contributed by atoms with Gasteiger partial charge in [0.05, 0.1) is 23.3 Å². The summed E-state index contributed by atoms with van der Waals surface area (Å²) in [4.78, 5) is 22.6. The lowest BCUT2D eigenvalue weighted by atomic mass is 9.89. The molecule has 0 aliphatic heterocycles. The summed E-state index contributed by atoms with van der Waals surface area (Å²) in [6, 6.07) is 2.46. The van der Waals surface area contributed by atoms with Gasteiger partial charge in [-0.25, -0.2) is 9.59 Å². The van der Waals surface area contributed by atoms with Gasteiger partial charge in [0.2, 0.25) is 0 Å². The summed E-state index contributed by atoms with van der Waals surface area (Å²) in [6.45, 7) is 3.26. The Balaban J connectivity index is 3.26. The zero-order valence-electron chi connectivity index (χ0n) is 12.7. The second-order valence-electron chi connectivity index (χ2n) is 5.29. The van der Waals surface area contributed by atoms with E-state index in [2.05, 4.69) is 0 Å². The minimum absolute atomic E-state index is 0.00751. The number of rotatable bonds is 8. The predicted octanol–water partition coefficient (Wildman–Crippen LogP) is 2.23. The van der Waals surface area contributed by atoms with E-state index in [4.69, 9.17) is 0 Å². The van der Waals surface area contributed by atoms with Gasteiger partial charge in [0, 0.05) is 0 Å². The van der Waals surface area contributed by atoms with Gasteiger partial charge in [-0.15, -0.1) is 0 Å². The molecular formula is C16H22O6. The van der Waals surface area contributed by atoms with E-state index in [9.17, 15) is 30.0 Å². The molecule has 1 rings (SSSR count). The molecule has 0 bridgehead atoms. The summed E-state index contributed by atoms with van der Waals surface area (Å²) >= 11 is 0. The minimum atomic E-state index is -1.21. The Morgan fingerprint density at radius 1 is 1.09 bits per heavy atom. The first kappa shape index (κ1) is 18.1. The first-order valence-corrected chi connectivity index (χ1v) is 7.28. The average Bonchev–Trinajstić information content (AvgIpc) is 2.45. The Morgan fingerprint density at radius 3 is 2.09 bits per heavy atom. The van der Waals surface area contributed by atoms with Crippen molar-refractivity contribution in [2.75, 3.05) is 0 Å². The van der Waals surface area contributed by atoms with E-state index in [-0.39, 0.29) is 16.7 Å². The van der Waals surface area contributed by atoms with Crippen LogP contribution in [0.1, 0.15) is 71.1 Å². The third kappa shape index (κ3) is 4.29. The third-order valence-electron chi connectivity index (χ3n) is 3.67. The van der Waals surface area contributed by atoms with E-state index in [0.717, 1.165) is 0 Å². The summed E-state index contributed by atoms with van der Waals surface area (Å²) in [6.07, 6.45) is 0.344. The van der Waals surface area contributed by atoms with Gasteiger partial charge in [-0.2, -0.15) is 0 Å². The number of aliphatic hydroxyl groups excluding tert-OH is 2. The summed E-state index contributed by atoms with van der Waals surface area (Å²) in [5, 5.41) is 38.0. The Labute approximate surface area is 129 Å². The summed E-state index contributed by atoms with van der Waals surface area (Å²) < 4.78 is 0. The highest BCUT2D eigenvalue weighted by Gasteiger charge is 2.23. The van der Waals surface area contributed by atoms with Crippen LogP contribution in [0.15, 0.2) is 12.1 Å². The molecule has 4 N–H and O–H groups in total. The third-order valence-corrected chi connectivity index (χ3v) is 3.67. The van der Waals surface area contributed by atoms with Crippen molar-refractivity contribution in [1.82, 2.24) is 0 Å². The number of hydrogen-bond acceptors (Lipinski definition) is 4. The molecule has 0 heterocycles. The minimum Gasteiger partial charge on any atom is -0.478 e. The molecule has 22 heavy (non-hydrogen) atoms. The van der Waals surface area contributed by atoms with Crippen molar-refractivity contribution in [3.63, 3.8) is 0 Å². The van der Waals surface area contributed by atoms with Crippen LogP contribution in [0, 0.1) is 0 Å². The lowest BCUT2D eigenvalue weighted by Gasteiger charge is -2.18. The smallest absolute Gasteiger partial charge is 0.336 e. The Kier molecular flexibility index (Phi) is 6.52. The lowest BCUT2D eigenvalue weighted by Crippen LogP contribution is -2.14. The molecule has 0 saturated heterocycles. The van der Waals surface area contributed by atoms with Crippen LogP contribution in [0.2, 0.25) is 0 Å². The quantitative estimate of drug-likeness (QED) is 0.585. The average molecular weight is 310 g/mol. The maximum Gasteiger partial charge on any atom is 0.336 e. The van der Waals surface area contributed by atoms with Crippen LogP contribution in [0.25, 0.3) is 0 Å². The van der Waals surface area contributed by atoms with Crippen LogP contribution in [-0.2, 0) is 6.42 Å². The molecule has 1 aromatic carbocycles. The van der Waals surface area contributed by atoms with Crippen molar-refractivity contribution in [1.29, 1.82) is 0 Å². The van der Waals surface area contributed by atoms with Crippen LogP contribution in [0.3, 0.4) is 0 Å². The maximum absolute atomic E-state index is 11.4. The maximum atomic E-state index is 11.4. The van der Waals surface area contributed by atoms with E-state index in [1.165, 1.54) is 19.1 Å². The Morgan fingerprint density at radius 2 is 1.64 bits per heavy atom. The van der Waals surface area contributed by atoms with Gasteiger partial charge in [-0.1, -0.05) is 6.92 Å². The fourth-order valence-corrected chi connectivity index (χ4v) is 2.52. The Hall–Kier alpha value is -1.92. The van der Waals surface area contributed by atoms with Gasteiger partial charge in [-0.3, -0.25) is 0 Å². The van der Waals surface area contributed by atoms with Gasteiger partial charge in [-0.05, 0) is 55.9 Å². The van der Waals surface area contributed by atoms with Gasteiger partial charge < -0.3 is 20.4 Å². The van der Waals surface area contributed by atoms with Crippen molar-refractivity contribution in [2.24, 2.45) is 0 Å². The number of carboxylic acids is 2. The van der Waals surface area contributed by atoms with Crippen LogP contribution in [0.5, 0.6) is 0 Å². The van der Waals surface area contributed by atoms with Gasteiger partial charge in [0.15, 0.2) is 0 Å². The first-order chi connectivity index (χ1) is 10.3.